The zero-order chi connectivity index (χ0) is 15.6. The Morgan fingerprint density at radius 1 is 1.48 bits per heavy atom. The fourth-order valence-corrected chi connectivity index (χ4v) is 2.32. The number of hydrogen-bond acceptors (Lipinski definition) is 3. The first-order valence-electron chi connectivity index (χ1n) is 6.16. The van der Waals surface area contributed by atoms with E-state index in [9.17, 15) is 18.8 Å². The van der Waals surface area contributed by atoms with Gasteiger partial charge in [0.15, 0.2) is 5.82 Å². The Bertz CT molecular complexity index is 608. The van der Waals surface area contributed by atoms with Crippen molar-refractivity contribution in [3.8, 4) is 0 Å². The number of rotatable bonds is 3. The number of carbonyl (C=O) groups is 3. The molecule has 1 unspecified atom stereocenters. The van der Waals surface area contributed by atoms with Crippen LogP contribution < -0.4 is 5.32 Å². The Hall–Kier alpha value is -2.15. The van der Waals surface area contributed by atoms with Crippen LogP contribution in [0.5, 0.6) is 0 Å². The fraction of sp³-hybridized carbons (Fsp3) is 0.308. The minimum Gasteiger partial charge on any atom is -0.481 e. The number of nitrogens with one attached hydrogen (secondary N) is 1. The number of nitrogens with zero attached hydrogens (tertiary/aromatic N) is 1. The monoisotopic (exact) mass is 314 g/mol. The van der Waals surface area contributed by atoms with E-state index < -0.39 is 36.1 Å². The molecule has 1 saturated heterocycles. The molecule has 2 N–H and O–H groups in total. The molecular weight excluding hydrogens is 303 g/mol. The zero-order valence-electron chi connectivity index (χ0n) is 10.8. The molecule has 112 valence electrons. The number of amides is 2. The van der Waals surface area contributed by atoms with Gasteiger partial charge in [-0.05, 0) is 12.1 Å². The van der Waals surface area contributed by atoms with Gasteiger partial charge in [0.25, 0.3) is 5.91 Å². The summed E-state index contributed by atoms with van der Waals surface area (Å²) in [6, 6.07) is 2.79. The maximum absolute atomic E-state index is 13.9. The van der Waals surface area contributed by atoms with Gasteiger partial charge in [-0.25, -0.2) is 4.39 Å². The Balaban J connectivity index is 2.32. The minimum atomic E-state index is -1.22. The van der Waals surface area contributed by atoms with E-state index in [1.54, 1.807) is 0 Å². The van der Waals surface area contributed by atoms with E-state index in [2.05, 4.69) is 5.32 Å². The van der Waals surface area contributed by atoms with Crippen molar-refractivity contribution in [3.05, 3.63) is 34.6 Å². The first-order valence-corrected chi connectivity index (χ1v) is 6.54. The minimum absolute atomic E-state index is 0.106. The summed E-state index contributed by atoms with van der Waals surface area (Å²) in [5.74, 6) is -3.43. The number of aliphatic carboxylic acids is 1. The van der Waals surface area contributed by atoms with Gasteiger partial charge in [-0.3, -0.25) is 14.4 Å². The lowest BCUT2D eigenvalue weighted by atomic mass is 10.1. The van der Waals surface area contributed by atoms with Crippen LogP contribution >= 0.6 is 11.6 Å². The SMILES string of the molecule is O=C(O)CC1C(=O)NCCN1C(=O)c1cccc(Cl)c1F. The highest BCUT2D eigenvalue weighted by Crippen LogP contribution is 2.21. The van der Waals surface area contributed by atoms with Crippen molar-refractivity contribution in [1.29, 1.82) is 0 Å². The quantitative estimate of drug-likeness (QED) is 0.867. The Morgan fingerprint density at radius 2 is 2.19 bits per heavy atom. The van der Waals surface area contributed by atoms with Crippen molar-refractivity contribution < 1.29 is 23.9 Å². The molecule has 1 fully saturated rings. The van der Waals surface area contributed by atoms with Crippen molar-refractivity contribution in [2.75, 3.05) is 13.1 Å². The summed E-state index contributed by atoms with van der Waals surface area (Å²) < 4.78 is 13.9. The molecule has 0 saturated carbocycles. The highest BCUT2D eigenvalue weighted by atomic mass is 35.5. The number of benzene rings is 1. The van der Waals surface area contributed by atoms with Crippen LogP contribution in [0.4, 0.5) is 4.39 Å². The smallest absolute Gasteiger partial charge is 0.305 e. The van der Waals surface area contributed by atoms with Crippen molar-refractivity contribution >= 4 is 29.4 Å². The largest absolute Gasteiger partial charge is 0.481 e. The zero-order valence-corrected chi connectivity index (χ0v) is 11.6. The van der Waals surface area contributed by atoms with E-state index >= 15 is 0 Å². The summed E-state index contributed by atoms with van der Waals surface area (Å²) in [6.07, 6.45) is -0.542. The molecule has 8 heteroatoms. The highest BCUT2D eigenvalue weighted by molar-refractivity contribution is 6.31. The van der Waals surface area contributed by atoms with Gasteiger partial charge in [-0.1, -0.05) is 17.7 Å². The lowest BCUT2D eigenvalue weighted by Crippen LogP contribution is -2.57. The first kappa shape index (κ1) is 15.2. The lowest BCUT2D eigenvalue weighted by molar-refractivity contribution is -0.142. The molecule has 0 spiro atoms. The second-order valence-corrected chi connectivity index (χ2v) is 4.91. The number of carboxylic acid groups (broad SMARTS) is 1. The Labute approximate surface area is 124 Å². The molecule has 0 bridgehead atoms. The predicted molar refractivity (Wildman–Crippen MR) is 71.5 cm³/mol. The van der Waals surface area contributed by atoms with E-state index in [4.69, 9.17) is 16.7 Å². The maximum atomic E-state index is 13.9. The van der Waals surface area contributed by atoms with Crippen molar-refractivity contribution in [2.24, 2.45) is 0 Å². The Kier molecular flexibility index (Phi) is 4.42. The average molecular weight is 315 g/mol. The van der Waals surface area contributed by atoms with Crippen LogP contribution in [-0.2, 0) is 9.59 Å². The third-order valence-corrected chi connectivity index (χ3v) is 3.43. The molecule has 1 aromatic carbocycles. The molecule has 1 aromatic rings. The van der Waals surface area contributed by atoms with Crippen LogP contribution in [0.3, 0.4) is 0 Å². The summed E-state index contributed by atoms with van der Waals surface area (Å²) in [4.78, 5) is 36.0. The van der Waals surface area contributed by atoms with E-state index in [0.717, 1.165) is 4.90 Å². The maximum Gasteiger partial charge on any atom is 0.305 e. The lowest BCUT2D eigenvalue weighted by Gasteiger charge is -2.34. The standard InChI is InChI=1S/C13H12ClFN2O4/c14-8-3-1-2-7(11(8)15)13(21)17-5-4-16-12(20)9(17)6-10(18)19/h1-3,9H,4-6H2,(H,16,20)(H,18,19). The number of carbonyl (C=O) groups excluding carboxylic acids is 2. The third-order valence-electron chi connectivity index (χ3n) is 3.14. The molecule has 1 aliphatic heterocycles. The first-order chi connectivity index (χ1) is 9.91. The molecule has 1 aliphatic rings. The van der Waals surface area contributed by atoms with Gasteiger partial charge in [0.1, 0.15) is 6.04 Å². The van der Waals surface area contributed by atoms with E-state index in [-0.39, 0.29) is 23.7 Å². The topological polar surface area (TPSA) is 86.7 Å². The van der Waals surface area contributed by atoms with Crippen LogP contribution in [0.25, 0.3) is 0 Å². The Morgan fingerprint density at radius 3 is 2.86 bits per heavy atom. The van der Waals surface area contributed by atoms with Crippen molar-refractivity contribution in [3.63, 3.8) is 0 Å². The molecule has 1 atom stereocenters. The molecule has 21 heavy (non-hydrogen) atoms. The van der Waals surface area contributed by atoms with Crippen LogP contribution in [0.2, 0.25) is 5.02 Å². The number of piperazine rings is 1. The van der Waals surface area contributed by atoms with E-state index in [1.807, 2.05) is 0 Å². The van der Waals surface area contributed by atoms with Gasteiger partial charge in [0.2, 0.25) is 5.91 Å². The summed E-state index contributed by atoms with van der Waals surface area (Å²) in [6.45, 7) is 0.289. The van der Waals surface area contributed by atoms with Gasteiger partial charge in [-0.15, -0.1) is 0 Å². The van der Waals surface area contributed by atoms with E-state index in [1.165, 1.54) is 18.2 Å². The third kappa shape index (κ3) is 3.13. The van der Waals surface area contributed by atoms with Gasteiger partial charge in [0.05, 0.1) is 17.0 Å². The van der Waals surface area contributed by atoms with E-state index in [0.29, 0.717) is 0 Å². The van der Waals surface area contributed by atoms with Crippen LogP contribution in [0, 0.1) is 5.82 Å². The number of carboxylic acids is 1. The molecular formula is C13H12ClFN2O4. The van der Waals surface area contributed by atoms with Crippen LogP contribution in [0.15, 0.2) is 18.2 Å². The molecule has 0 aliphatic carbocycles. The summed E-state index contributed by atoms with van der Waals surface area (Å²) >= 11 is 5.63. The molecule has 0 radical (unpaired) electrons. The summed E-state index contributed by atoms with van der Waals surface area (Å²) in [5.41, 5.74) is -0.285. The highest BCUT2D eigenvalue weighted by Gasteiger charge is 2.36. The molecule has 1 heterocycles. The van der Waals surface area contributed by atoms with Gasteiger partial charge >= 0.3 is 5.97 Å². The summed E-state index contributed by atoms with van der Waals surface area (Å²) in [5, 5.41) is 11.1. The van der Waals surface area contributed by atoms with Crippen molar-refractivity contribution in [2.45, 2.75) is 12.5 Å². The average Bonchev–Trinajstić information content (AvgIpc) is 2.43. The number of hydrogen-bond donors (Lipinski definition) is 2. The van der Waals surface area contributed by atoms with Gasteiger partial charge in [0, 0.05) is 13.1 Å². The number of halogens is 2. The second-order valence-electron chi connectivity index (χ2n) is 4.50. The normalized spacial score (nSPS) is 18.3. The molecule has 0 aromatic heterocycles. The van der Waals surface area contributed by atoms with Gasteiger partial charge < -0.3 is 15.3 Å². The van der Waals surface area contributed by atoms with Crippen molar-refractivity contribution in [1.82, 2.24) is 10.2 Å². The predicted octanol–water partition coefficient (Wildman–Crippen LogP) is 0.894. The fourth-order valence-electron chi connectivity index (χ4n) is 2.15. The molecule has 2 rings (SSSR count). The molecule has 2 amide bonds. The molecule has 6 nitrogen and oxygen atoms in total. The second kappa shape index (κ2) is 6.09. The van der Waals surface area contributed by atoms with Crippen LogP contribution in [0.1, 0.15) is 16.8 Å². The van der Waals surface area contributed by atoms with Gasteiger partial charge in [-0.2, -0.15) is 0 Å². The summed E-state index contributed by atoms with van der Waals surface area (Å²) in [7, 11) is 0. The van der Waals surface area contributed by atoms with Crippen LogP contribution in [-0.4, -0.2) is 46.9 Å².